The van der Waals surface area contributed by atoms with Crippen molar-refractivity contribution in [3.63, 3.8) is 0 Å². The maximum atomic E-state index is 12.8. The average molecular weight is 385 g/mol. The first kappa shape index (κ1) is 18.2. The van der Waals surface area contributed by atoms with Crippen LogP contribution in [0.1, 0.15) is 48.9 Å². The van der Waals surface area contributed by atoms with Crippen LogP contribution in [0.3, 0.4) is 0 Å². The predicted molar refractivity (Wildman–Crippen MR) is 105 cm³/mol. The second-order valence-corrected chi connectivity index (χ2v) is 9.08. The van der Waals surface area contributed by atoms with Gasteiger partial charge in [0.25, 0.3) is 0 Å². The quantitative estimate of drug-likeness (QED) is 0.860. The van der Waals surface area contributed by atoms with Crippen LogP contribution in [-0.2, 0) is 27.7 Å². The zero-order valence-corrected chi connectivity index (χ0v) is 16.3. The van der Waals surface area contributed by atoms with E-state index in [2.05, 4.69) is 16.9 Å². The molecule has 27 heavy (non-hydrogen) atoms. The van der Waals surface area contributed by atoms with Crippen molar-refractivity contribution in [1.82, 2.24) is 4.72 Å². The van der Waals surface area contributed by atoms with E-state index in [9.17, 15) is 13.2 Å². The van der Waals surface area contributed by atoms with E-state index in [1.807, 2.05) is 13.0 Å². The highest BCUT2D eigenvalue weighted by Crippen LogP contribution is 2.27. The Hall–Kier alpha value is -2.18. The molecule has 0 spiro atoms. The van der Waals surface area contributed by atoms with Crippen LogP contribution < -0.4 is 9.62 Å². The third-order valence-electron chi connectivity index (χ3n) is 5.49. The van der Waals surface area contributed by atoms with Gasteiger partial charge in [0.15, 0.2) is 0 Å². The SMILES string of the molecule is CC(NS(=O)(=O)c1ccc(N2CCCC2=O)cc1)c1ccc2c(c1)CCC2. The molecule has 1 aliphatic carbocycles. The summed E-state index contributed by atoms with van der Waals surface area (Å²) in [6.07, 6.45) is 4.75. The molecule has 2 aromatic carbocycles. The standard InChI is InChI=1S/C21H24N2O3S/c1-15(17-8-7-16-4-2-5-18(16)14-17)22-27(25,26)20-11-9-19(10-12-20)23-13-3-6-21(23)24/h7-12,14-15,22H,2-6,13H2,1H3. The number of aryl methyl sites for hydroxylation is 2. The summed E-state index contributed by atoms with van der Waals surface area (Å²) < 4.78 is 28.3. The monoisotopic (exact) mass is 384 g/mol. The third kappa shape index (κ3) is 3.64. The lowest BCUT2D eigenvalue weighted by molar-refractivity contribution is -0.117. The van der Waals surface area contributed by atoms with Crippen molar-refractivity contribution in [2.75, 3.05) is 11.4 Å². The molecule has 0 bridgehead atoms. The van der Waals surface area contributed by atoms with E-state index in [1.165, 1.54) is 17.5 Å². The molecule has 1 unspecified atom stereocenters. The van der Waals surface area contributed by atoms with Crippen LogP contribution in [0.4, 0.5) is 5.69 Å². The Balaban J connectivity index is 1.50. The van der Waals surface area contributed by atoms with E-state index in [1.54, 1.807) is 29.2 Å². The molecule has 142 valence electrons. The van der Waals surface area contributed by atoms with E-state index in [0.717, 1.165) is 30.5 Å². The van der Waals surface area contributed by atoms with Gasteiger partial charge in [-0.2, -0.15) is 0 Å². The Morgan fingerprint density at radius 3 is 2.41 bits per heavy atom. The number of carbonyl (C=O) groups is 1. The molecule has 0 radical (unpaired) electrons. The second-order valence-electron chi connectivity index (χ2n) is 7.37. The number of benzene rings is 2. The van der Waals surface area contributed by atoms with E-state index in [-0.39, 0.29) is 16.8 Å². The first-order valence-corrected chi connectivity index (χ1v) is 11.0. The zero-order chi connectivity index (χ0) is 19.0. The van der Waals surface area contributed by atoms with E-state index in [0.29, 0.717) is 13.0 Å². The summed E-state index contributed by atoms with van der Waals surface area (Å²) in [5.74, 6) is 0.0916. The van der Waals surface area contributed by atoms with Gasteiger partial charge >= 0.3 is 0 Å². The molecule has 2 aromatic rings. The summed E-state index contributed by atoms with van der Waals surface area (Å²) in [4.78, 5) is 13.8. The van der Waals surface area contributed by atoms with Crippen LogP contribution in [0, 0.1) is 0 Å². The van der Waals surface area contributed by atoms with Crippen molar-refractivity contribution < 1.29 is 13.2 Å². The maximum absolute atomic E-state index is 12.8. The van der Waals surface area contributed by atoms with E-state index in [4.69, 9.17) is 0 Å². The van der Waals surface area contributed by atoms with Gasteiger partial charge < -0.3 is 4.90 Å². The number of hydrogen-bond donors (Lipinski definition) is 1. The van der Waals surface area contributed by atoms with Crippen LogP contribution in [0.5, 0.6) is 0 Å². The summed E-state index contributed by atoms with van der Waals surface area (Å²) in [6.45, 7) is 2.56. The molecule has 1 atom stereocenters. The molecule has 0 aromatic heterocycles. The molecule has 1 fully saturated rings. The minimum atomic E-state index is -3.63. The van der Waals surface area contributed by atoms with Crippen molar-refractivity contribution >= 4 is 21.6 Å². The average Bonchev–Trinajstić information content (AvgIpc) is 3.29. The fraction of sp³-hybridized carbons (Fsp3) is 0.381. The zero-order valence-electron chi connectivity index (χ0n) is 15.4. The Bertz CT molecular complexity index is 967. The van der Waals surface area contributed by atoms with Gasteiger partial charge in [-0.05, 0) is 73.6 Å². The summed E-state index contributed by atoms with van der Waals surface area (Å²) >= 11 is 0. The summed E-state index contributed by atoms with van der Waals surface area (Å²) in [5.41, 5.74) is 4.45. The molecule has 4 rings (SSSR count). The highest BCUT2D eigenvalue weighted by Gasteiger charge is 2.23. The molecule has 1 saturated heterocycles. The lowest BCUT2D eigenvalue weighted by Crippen LogP contribution is -2.27. The van der Waals surface area contributed by atoms with Crippen LogP contribution >= 0.6 is 0 Å². The van der Waals surface area contributed by atoms with Crippen LogP contribution in [-0.4, -0.2) is 20.9 Å². The first-order chi connectivity index (χ1) is 12.9. The highest BCUT2D eigenvalue weighted by atomic mass is 32.2. The number of anilines is 1. The number of rotatable bonds is 5. The van der Waals surface area contributed by atoms with Crippen LogP contribution in [0.25, 0.3) is 0 Å². The fourth-order valence-corrected chi connectivity index (χ4v) is 5.19. The summed E-state index contributed by atoms with van der Waals surface area (Å²) in [7, 11) is -3.63. The first-order valence-electron chi connectivity index (χ1n) is 9.48. The number of hydrogen-bond acceptors (Lipinski definition) is 3. The lowest BCUT2D eigenvalue weighted by Gasteiger charge is -2.18. The Kier molecular flexibility index (Phi) is 4.78. The number of sulfonamides is 1. The van der Waals surface area contributed by atoms with Gasteiger partial charge in [-0.15, -0.1) is 0 Å². The number of amides is 1. The minimum Gasteiger partial charge on any atom is -0.312 e. The molecule has 1 N–H and O–H groups in total. The van der Waals surface area contributed by atoms with Crippen molar-refractivity contribution in [2.24, 2.45) is 0 Å². The van der Waals surface area contributed by atoms with E-state index < -0.39 is 10.0 Å². The Labute approximate surface area is 160 Å². The van der Waals surface area contributed by atoms with Gasteiger partial charge in [0, 0.05) is 24.7 Å². The van der Waals surface area contributed by atoms with Gasteiger partial charge in [0.05, 0.1) is 4.90 Å². The fourth-order valence-electron chi connectivity index (χ4n) is 3.96. The van der Waals surface area contributed by atoms with Gasteiger partial charge in [-0.25, -0.2) is 13.1 Å². The number of carbonyl (C=O) groups excluding carboxylic acids is 1. The van der Waals surface area contributed by atoms with E-state index >= 15 is 0 Å². The number of fused-ring (bicyclic) bond motifs is 1. The van der Waals surface area contributed by atoms with Gasteiger partial charge in [0.2, 0.25) is 15.9 Å². The molecule has 1 amide bonds. The molecule has 6 heteroatoms. The van der Waals surface area contributed by atoms with Crippen molar-refractivity contribution in [3.05, 3.63) is 59.2 Å². The number of nitrogens with zero attached hydrogens (tertiary/aromatic N) is 1. The Morgan fingerprint density at radius 2 is 1.70 bits per heavy atom. The molecular formula is C21H24N2O3S. The van der Waals surface area contributed by atoms with Crippen molar-refractivity contribution in [2.45, 2.75) is 50.0 Å². The topological polar surface area (TPSA) is 66.5 Å². The molecule has 5 nitrogen and oxygen atoms in total. The van der Waals surface area contributed by atoms with Crippen LogP contribution in [0.15, 0.2) is 47.4 Å². The number of nitrogens with one attached hydrogen (secondary N) is 1. The molecule has 1 heterocycles. The Morgan fingerprint density at radius 1 is 0.963 bits per heavy atom. The summed E-state index contributed by atoms with van der Waals surface area (Å²) in [5, 5.41) is 0. The maximum Gasteiger partial charge on any atom is 0.241 e. The molecule has 2 aliphatic rings. The van der Waals surface area contributed by atoms with Gasteiger partial charge in [0.1, 0.15) is 0 Å². The van der Waals surface area contributed by atoms with Crippen molar-refractivity contribution in [3.8, 4) is 0 Å². The lowest BCUT2D eigenvalue weighted by atomic mass is 10.0. The largest absolute Gasteiger partial charge is 0.312 e. The van der Waals surface area contributed by atoms with Gasteiger partial charge in [-0.3, -0.25) is 4.79 Å². The molecular weight excluding hydrogens is 360 g/mol. The van der Waals surface area contributed by atoms with Gasteiger partial charge in [-0.1, -0.05) is 18.2 Å². The molecule has 0 saturated carbocycles. The predicted octanol–water partition coefficient (Wildman–Crippen LogP) is 3.34. The normalized spacial score (nSPS) is 18.0. The third-order valence-corrected chi connectivity index (χ3v) is 7.04. The minimum absolute atomic E-state index is 0.0916. The summed E-state index contributed by atoms with van der Waals surface area (Å²) in [6, 6.07) is 12.5. The second kappa shape index (κ2) is 7.09. The van der Waals surface area contributed by atoms with Crippen molar-refractivity contribution in [1.29, 1.82) is 0 Å². The molecule has 1 aliphatic heterocycles. The highest BCUT2D eigenvalue weighted by molar-refractivity contribution is 7.89. The smallest absolute Gasteiger partial charge is 0.241 e. The van der Waals surface area contributed by atoms with Crippen LogP contribution in [0.2, 0.25) is 0 Å².